The minimum atomic E-state index is -4.09. The van der Waals surface area contributed by atoms with Crippen molar-refractivity contribution >= 4 is 27.0 Å². The lowest BCUT2D eigenvalue weighted by Crippen LogP contribution is -2.29. The number of ether oxygens (including phenoxy) is 1. The molecular weight excluding hydrogens is 434 g/mol. The number of hydrogen-bond donors (Lipinski definition) is 2. The Morgan fingerprint density at radius 2 is 1.97 bits per heavy atom. The molecule has 0 aliphatic carbocycles. The van der Waals surface area contributed by atoms with Gasteiger partial charge in [-0.15, -0.1) is 0 Å². The van der Waals surface area contributed by atoms with E-state index in [4.69, 9.17) is 4.74 Å². The van der Waals surface area contributed by atoms with Crippen molar-refractivity contribution in [1.82, 2.24) is 24.5 Å². The van der Waals surface area contributed by atoms with Crippen LogP contribution in [-0.4, -0.2) is 40.7 Å². The van der Waals surface area contributed by atoms with Gasteiger partial charge in [0.05, 0.1) is 22.8 Å². The Labute approximate surface area is 186 Å². The van der Waals surface area contributed by atoms with E-state index in [-0.39, 0.29) is 22.7 Å². The minimum Gasteiger partial charge on any atom is -0.493 e. The topological polar surface area (TPSA) is 136 Å². The van der Waals surface area contributed by atoms with Gasteiger partial charge >= 0.3 is 0 Å². The summed E-state index contributed by atoms with van der Waals surface area (Å²) in [4.78, 5) is 31.8. The molecule has 2 aromatic heterocycles. The van der Waals surface area contributed by atoms with Gasteiger partial charge in [-0.2, -0.15) is 5.10 Å². The highest BCUT2D eigenvalue weighted by Crippen LogP contribution is 2.31. The molecule has 0 spiro atoms. The lowest BCUT2D eigenvalue weighted by atomic mass is 10.1. The average molecular weight is 462 g/mol. The fourth-order valence-corrected chi connectivity index (χ4v) is 4.42. The molecule has 0 radical (unpaired) electrons. The van der Waals surface area contributed by atoms with E-state index in [9.17, 15) is 18.0 Å². The van der Waals surface area contributed by atoms with Gasteiger partial charge in [-0.3, -0.25) is 14.3 Å². The maximum atomic E-state index is 12.9. The molecule has 11 heteroatoms. The van der Waals surface area contributed by atoms with Gasteiger partial charge in [0, 0.05) is 13.0 Å². The van der Waals surface area contributed by atoms with Crippen LogP contribution in [0.4, 0.5) is 0 Å². The number of aryl methyl sites for hydroxylation is 2. The van der Waals surface area contributed by atoms with Crippen LogP contribution in [0.15, 0.2) is 27.9 Å². The SMILES string of the molecule is CCCc1nn(CC)c2c(=O)[nH]c(-c3cc(S(=O)(=O)NC(=O)CC)ccc3OCC)nc12. The minimum absolute atomic E-state index is 0.0241. The second kappa shape index (κ2) is 9.51. The maximum Gasteiger partial charge on any atom is 0.277 e. The molecule has 0 saturated heterocycles. The molecule has 2 N–H and O–H groups in total. The number of carbonyl (C=O) groups is 1. The Kier molecular flexibility index (Phi) is 6.97. The molecule has 10 nitrogen and oxygen atoms in total. The standard InChI is InChI=1S/C21H27N5O5S/c1-5-9-15-18-19(26(7-3)24-15)21(28)23-20(22-18)14-12-13(10-11-16(14)31-8-4)32(29,30)25-17(27)6-2/h10-12H,5-9H2,1-4H3,(H,25,27)(H,22,23,28). The summed E-state index contributed by atoms with van der Waals surface area (Å²) in [5.41, 5.74) is 1.47. The Hall–Kier alpha value is -3.21. The maximum absolute atomic E-state index is 12.9. The summed E-state index contributed by atoms with van der Waals surface area (Å²) >= 11 is 0. The molecule has 3 rings (SSSR count). The number of H-pyrrole nitrogens is 1. The average Bonchev–Trinajstić information content (AvgIpc) is 3.12. The predicted molar refractivity (Wildman–Crippen MR) is 120 cm³/mol. The predicted octanol–water partition coefficient (Wildman–Crippen LogP) is 2.37. The molecule has 0 saturated carbocycles. The lowest BCUT2D eigenvalue weighted by molar-refractivity contribution is -0.119. The second-order valence-electron chi connectivity index (χ2n) is 7.10. The number of sulfonamides is 1. The van der Waals surface area contributed by atoms with Crippen molar-refractivity contribution in [3.05, 3.63) is 34.2 Å². The largest absolute Gasteiger partial charge is 0.493 e. The first-order valence-electron chi connectivity index (χ1n) is 10.6. The van der Waals surface area contributed by atoms with Gasteiger partial charge in [-0.25, -0.2) is 18.1 Å². The molecule has 1 aromatic carbocycles. The molecule has 0 bridgehead atoms. The third kappa shape index (κ3) is 4.52. The van der Waals surface area contributed by atoms with Crippen molar-refractivity contribution in [3.63, 3.8) is 0 Å². The van der Waals surface area contributed by atoms with Crippen LogP contribution in [-0.2, 0) is 27.8 Å². The smallest absolute Gasteiger partial charge is 0.277 e. The van der Waals surface area contributed by atoms with Crippen molar-refractivity contribution in [1.29, 1.82) is 0 Å². The number of aromatic amines is 1. The van der Waals surface area contributed by atoms with Gasteiger partial charge < -0.3 is 9.72 Å². The van der Waals surface area contributed by atoms with E-state index >= 15 is 0 Å². The van der Waals surface area contributed by atoms with Gasteiger partial charge in [0.15, 0.2) is 5.52 Å². The van der Waals surface area contributed by atoms with Crippen molar-refractivity contribution in [2.24, 2.45) is 0 Å². The van der Waals surface area contributed by atoms with E-state index in [1.165, 1.54) is 18.2 Å². The number of hydrogen-bond acceptors (Lipinski definition) is 7. The van der Waals surface area contributed by atoms with E-state index in [0.717, 1.165) is 6.42 Å². The molecule has 0 unspecified atom stereocenters. The third-order valence-corrected chi connectivity index (χ3v) is 6.21. The van der Waals surface area contributed by atoms with Crippen molar-refractivity contribution in [3.8, 4) is 17.1 Å². The number of carbonyl (C=O) groups excluding carboxylic acids is 1. The third-order valence-electron chi connectivity index (χ3n) is 4.84. The molecule has 0 atom stereocenters. The van der Waals surface area contributed by atoms with Crippen molar-refractivity contribution in [2.45, 2.75) is 58.4 Å². The number of rotatable bonds is 9. The van der Waals surface area contributed by atoms with Gasteiger partial charge in [0.25, 0.3) is 15.6 Å². The molecule has 0 fully saturated rings. The van der Waals surface area contributed by atoms with E-state index in [1.807, 2.05) is 18.6 Å². The van der Waals surface area contributed by atoms with Gasteiger partial charge in [-0.1, -0.05) is 20.3 Å². The fourth-order valence-electron chi connectivity index (χ4n) is 3.34. The molecule has 0 aliphatic rings. The normalized spacial score (nSPS) is 11.6. The van der Waals surface area contributed by atoms with E-state index < -0.39 is 15.9 Å². The van der Waals surface area contributed by atoms with Crippen LogP contribution in [0.2, 0.25) is 0 Å². The van der Waals surface area contributed by atoms with Crippen LogP contribution in [0.1, 0.15) is 46.2 Å². The zero-order valence-electron chi connectivity index (χ0n) is 18.6. The summed E-state index contributed by atoms with van der Waals surface area (Å²) < 4.78 is 34.6. The first-order chi connectivity index (χ1) is 15.2. The number of fused-ring (bicyclic) bond motifs is 1. The quantitative estimate of drug-likeness (QED) is 0.499. The second-order valence-corrected chi connectivity index (χ2v) is 8.78. The Bertz CT molecular complexity index is 1310. The number of benzene rings is 1. The molecule has 32 heavy (non-hydrogen) atoms. The first kappa shape index (κ1) is 23.5. The number of nitrogens with one attached hydrogen (secondary N) is 2. The van der Waals surface area contributed by atoms with E-state index in [2.05, 4.69) is 15.1 Å². The van der Waals surface area contributed by atoms with Crippen molar-refractivity contribution < 1.29 is 17.9 Å². The highest BCUT2D eigenvalue weighted by Gasteiger charge is 2.22. The molecular formula is C21H27N5O5S. The van der Waals surface area contributed by atoms with Gasteiger partial charge in [0.1, 0.15) is 17.1 Å². The van der Waals surface area contributed by atoms with Gasteiger partial charge in [0.2, 0.25) is 5.91 Å². The zero-order valence-corrected chi connectivity index (χ0v) is 19.4. The van der Waals surface area contributed by atoms with Crippen LogP contribution in [0.25, 0.3) is 22.4 Å². The molecule has 0 aliphatic heterocycles. The molecule has 3 aromatic rings. The lowest BCUT2D eigenvalue weighted by Gasteiger charge is -2.13. The van der Waals surface area contributed by atoms with Gasteiger partial charge in [-0.05, 0) is 38.5 Å². The Balaban J connectivity index is 2.24. The summed E-state index contributed by atoms with van der Waals surface area (Å²) in [5, 5.41) is 4.51. The number of nitrogens with zero attached hydrogens (tertiary/aromatic N) is 3. The van der Waals surface area contributed by atoms with Crippen LogP contribution >= 0.6 is 0 Å². The summed E-state index contributed by atoms with van der Waals surface area (Å²) in [7, 11) is -4.09. The van der Waals surface area contributed by atoms with Crippen molar-refractivity contribution in [2.75, 3.05) is 6.61 Å². The molecule has 1 amide bonds. The molecule has 2 heterocycles. The Morgan fingerprint density at radius 1 is 1.22 bits per heavy atom. The fraction of sp³-hybridized carbons (Fsp3) is 0.429. The van der Waals surface area contributed by atoms with Crippen LogP contribution < -0.4 is 15.0 Å². The van der Waals surface area contributed by atoms with E-state index in [1.54, 1.807) is 18.5 Å². The zero-order chi connectivity index (χ0) is 23.5. The van der Waals surface area contributed by atoms with Crippen LogP contribution in [0, 0.1) is 0 Å². The van der Waals surface area contributed by atoms with E-state index in [0.29, 0.717) is 47.6 Å². The van der Waals surface area contributed by atoms with Crippen LogP contribution in [0.5, 0.6) is 5.75 Å². The summed E-state index contributed by atoms with van der Waals surface area (Å²) in [6.45, 7) is 8.09. The summed E-state index contributed by atoms with van der Waals surface area (Å²) in [6, 6.07) is 4.16. The summed E-state index contributed by atoms with van der Waals surface area (Å²) in [5.74, 6) is -0.0990. The first-order valence-corrected chi connectivity index (χ1v) is 12.1. The highest BCUT2D eigenvalue weighted by molar-refractivity contribution is 7.90. The molecule has 172 valence electrons. The highest BCUT2D eigenvalue weighted by atomic mass is 32.2. The number of amides is 1. The monoisotopic (exact) mass is 461 g/mol. The van der Waals surface area contributed by atoms with Crippen LogP contribution in [0.3, 0.4) is 0 Å². The number of aromatic nitrogens is 4. The summed E-state index contributed by atoms with van der Waals surface area (Å²) in [6.07, 6.45) is 1.50. The Morgan fingerprint density at radius 3 is 2.59 bits per heavy atom.